The average Bonchev–Trinajstić information content (AvgIpc) is 2.94. The van der Waals surface area contributed by atoms with Gasteiger partial charge in [-0.15, -0.1) is 11.3 Å². The van der Waals surface area contributed by atoms with Crippen LogP contribution in [0.3, 0.4) is 0 Å². The van der Waals surface area contributed by atoms with Gasteiger partial charge < -0.3 is 15.4 Å². The summed E-state index contributed by atoms with van der Waals surface area (Å²) < 4.78 is 5.62. The van der Waals surface area contributed by atoms with Gasteiger partial charge in [0, 0.05) is 24.4 Å². The van der Waals surface area contributed by atoms with Crippen molar-refractivity contribution in [1.82, 2.24) is 4.98 Å². The third-order valence-corrected chi connectivity index (χ3v) is 4.42. The fourth-order valence-electron chi connectivity index (χ4n) is 2.35. The molecule has 0 saturated carbocycles. The second kappa shape index (κ2) is 5.46. The van der Waals surface area contributed by atoms with E-state index in [1.54, 1.807) is 30.2 Å². The number of benzene rings is 1. The predicted octanol–water partition coefficient (Wildman–Crippen LogP) is 2.05. The standard InChI is InChI=1S/C15H17N3O2S/c1-9-15(19)18(2)12-7-10(3-4-13(12)20-9)11-8-21-14(17-11)5-6-16/h3-4,7-9H,5-6,16H2,1-2H3. The first-order chi connectivity index (χ1) is 10.1. The number of likely N-dealkylation sites (N-methyl/N-ethyl adjacent to an activating group) is 1. The molecular formula is C15H17N3O2S. The van der Waals surface area contributed by atoms with E-state index in [-0.39, 0.29) is 5.91 Å². The second-order valence-electron chi connectivity index (χ2n) is 5.00. The number of carbonyl (C=O) groups is 1. The van der Waals surface area contributed by atoms with E-state index in [2.05, 4.69) is 4.98 Å². The maximum Gasteiger partial charge on any atom is 0.267 e. The van der Waals surface area contributed by atoms with Gasteiger partial charge in [-0.3, -0.25) is 4.79 Å². The molecule has 1 aliphatic rings. The number of anilines is 1. The van der Waals surface area contributed by atoms with Crippen molar-refractivity contribution < 1.29 is 9.53 Å². The fourth-order valence-corrected chi connectivity index (χ4v) is 3.18. The van der Waals surface area contributed by atoms with E-state index in [1.165, 1.54) is 0 Å². The highest BCUT2D eigenvalue weighted by Gasteiger charge is 2.29. The molecule has 6 heteroatoms. The molecule has 21 heavy (non-hydrogen) atoms. The first kappa shape index (κ1) is 14.0. The topological polar surface area (TPSA) is 68.5 Å². The van der Waals surface area contributed by atoms with Crippen molar-refractivity contribution in [3.05, 3.63) is 28.6 Å². The van der Waals surface area contributed by atoms with Gasteiger partial charge in [0.2, 0.25) is 0 Å². The van der Waals surface area contributed by atoms with E-state index in [0.29, 0.717) is 6.54 Å². The number of fused-ring (bicyclic) bond motifs is 1. The van der Waals surface area contributed by atoms with E-state index in [9.17, 15) is 4.79 Å². The summed E-state index contributed by atoms with van der Waals surface area (Å²) in [4.78, 5) is 18.2. The second-order valence-corrected chi connectivity index (χ2v) is 5.95. The SMILES string of the molecule is CC1Oc2ccc(-c3csc(CCN)n3)cc2N(C)C1=O. The lowest BCUT2D eigenvalue weighted by atomic mass is 10.1. The Morgan fingerprint density at radius 3 is 3.05 bits per heavy atom. The molecule has 0 bridgehead atoms. The van der Waals surface area contributed by atoms with Crippen LogP contribution in [0.2, 0.25) is 0 Å². The minimum absolute atomic E-state index is 0.0400. The molecule has 1 atom stereocenters. The summed E-state index contributed by atoms with van der Waals surface area (Å²) in [5.74, 6) is 0.688. The molecule has 1 aromatic heterocycles. The van der Waals surface area contributed by atoms with Crippen LogP contribution in [0.5, 0.6) is 5.75 Å². The van der Waals surface area contributed by atoms with Crippen LogP contribution in [0.1, 0.15) is 11.9 Å². The van der Waals surface area contributed by atoms with Crippen molar-refractivity contribution in [3.63, 3.8) is 0 Å². The molecule has 5 nitrogen and oxygen atoms in total. The molecule has 2 N–H and O–H groups in total. The first-order valence-electron chi connectivity index (χ1n) is 6.83. The van der Waals surface area contributed by atoms with E-state index < -0.39 is 6.10 Å². The number of thiazole rings is 1. The summed E-state index contributed by atoms with van der Waals surface area (Å²) in [5.41, 5.74) is 8.22. The van der Waals surface area contributed by atoms with Crippen molar-refractivity contribution in [2.75, 3.05) is 18.5 Å². The van der Waals surface area contributed by atoms with E-state index in [0.717, 1.165) is 34.1 Å². The first-order valence-corrected chi connectivity index (χ1v) is 7.71. The molecule has 0 saturated heterocycles. The van der Waals surface area contributed by atoms with Gasteiger partial charge in [-0.25, -0.2) is 4.98 Å². The molecule has 0 fully saturated rings. The van der Waals surface area contributed by atoms with Gasteiger partial charge in [0.15, 0.2) is 6.10 Å². The molecule has 0 radical (unpaired) electrons. The monoisotopic (exact) mass is 303 g/mol. The molecule has 110 valence electrons. The highest BCUT2D eigenvalue weighted by Crippen LogP contribution is 2.36. The highest BCUT2D eigenvalue weighted by atomic mass is 32.1. The van der Waals surface area contributed by atoms with Gasteiger partial charge in [-0.1, -0.05) is 0 Å². The lowest BCUT2D eigenvalue weighted by Crippen LogP contribution is -2.41. The van der Waals surface area contributed by atoms with Gasteiger partial charge in [0.05, 0.1) is 16.4 Å². The Hall–Kier alpha value is -1.92. The lowest BCUT2D eigenvalue weighted by Gasteiger charge is -2.30. The van der Waals surface area contributed by atoms with Gasteiger partial charge in [-0.05, 0) is 31.7 Å². The molecule has 1 aromatic carbocycles. The van der Waals surface area contributed by atoms with E-state index in [4.69, 9.17) is 10.5 Å². The van der Waals surface area contributed by atoms with Crippen molar-refractivity contribution in [2.24, 2.45) is 5.73 Å². The number of nitrogens with two attached hydrogens (primary N) is 1. The van der Waals surface area contributed by atoms with Crippen LogP contribution in [0, 0.1) is 0 Å². The number of nitrogens with zero attached hydrogens (tertiary/aromatic N) is 2. The van der Waals surface area contributed by atoms with Crippen LogP contribution >= 0.6 is 11.3 Å². The average molecular weight is 303 g/mol. The van der Waals surface area contributed by atoms with Crippen LogP contribution in [0.4, 0.5) is 5.69 Å². The molecule has 1 amide bonds. The molecule has 1 aliphatic heterocycles. The van der Waals surface area contributed by atoms with Crippen molar-refractivity contribution >= 4 is 22.9 Å². The van der Waals surface area contributed by atoms with E-state index >= 15 is 0 Å². The lowest BCUT2D eigenvalue weighted by molar-refractivity contribution is -0.125. The van der Waals surface area contributed by atoms with Gasteiger partial charge in [-0.2, -0.15) is 0 Å². The van der Waals surface area contributed by atoms with Gasteiger partial charge >= 0.3 is 0 Å². The zero-order chi connectivity index (χ0) is 15.0. The Morgan fingerprint density at radius 1 is 1.48 bits per heavy atom. The molecule has 2 aromatic rings. The molecule has 0 aliphatic carbocycles. The summed E-state index contributed by atoms with van der Waals surface area (Å²) in [6.07, 6.45) is 0.345. The maximum atomic E-state index is 12.0. The Morgan fingerprint density at radius 2 is 2.29 bits per heavy atom. The minimum atomic E-state index is -0.441. The van der Waals surface area contributed by atoms with Crippen LogP contribution in [-0.4, -0.2) is 30.6 Å². The predicted molar refractivity (Wildman–Crippen MR) is 83.8 cm³/mol. The smallest absolute Gasteiger partial charge is 0.267 e. The third-order valence-electron chi connectivity index (χ3n) is 3.51. The normalized spacial score (nSPS) is 17.6. The Kier molecular flexibility index (Phi) is 3.65. The Labute approximate surface area is 127 Å². The highest BCUT2D eigenvalue weighted by molar-refractivity contribution is 7.09. The summed E-state index contributed by atoms with van der Waals surface area (Å²) in [7, 11) is 1.77. The Bertz CT molecular complexity index is 683. The number of aromatic nitrogens is 1. The van der Waals surface area contributed by atoms with E-state index in [1.807, 2.05) is 23.6 Å². The van der Waals surface area contributed by atoms with Crippen molar-refractivity contribution in [1.29, 1.82) is 0 Å². The van der Waals surface area contributed by atoms with Crippen LogP contribution in [0.25, 0.3) is 11.3 Å². The number of hydrogen-bond acceptors (Lipinski definition) is 5. The number of carbonyl (C=O) groups excluding carboxylic acids is 1. The molecule has 0 spiro atoms. The number of rotatable bonds is 3. The number of hydrogen-bond donors (Lipinski definition) is 1. The zero-order valence-corrected chi connectivity index (χ0v) is 12.8. The third kappa shape index (κ3) is 2.52. The molecular weight excluding hydrogens is 286 g/mol. The minimum Gasteiger partial charge on any atom is -0.479 e. The summed E-state index contributed by atoms with van der Waals surface area (Å²) in [6.45, 7) is 2.36. The molecule has 3 rings (SSSR count). The summed E-state index contributed by atoms with van der Waals surface area (Å²) in [5, 5.41) is 3.04. The number of ether oxygens (including phenoxy) is 1. The number of amides is 1. The van der Waals surface area contributed by atoms with Crippen molar-refractivity contribution in [2.45, 2.75) is 19.4 Å². The maximum absolute atomic E-state index is 12.0. The summed E-state index contributed by atoms with van der Waals surface area (Å²) in [6, 6.07) is 5.81. The quantitative estimate of drug-likeness (QED) is 0.942. The van der Waals surface area contributed by atoms with Gasteiger partial charge in [0.1, 0.15) is 5.75 Å². The largest absolute Gasteiger partial charge is 0.479 e. The van der Waals surface area contributed by atoms with Crippen molar-refractivity contribution in [3.8, 4) is 17.0 Å². The van der Waals surface area contributed by atoms with Crippen LogP contribution < -0.4 is 15.4 Å². The fraction of sp³-hybridized carbons (Fsp3) is 0.333. The molecule has 1 unspecified atom stereocenters. The molecule has 2 heterocycles. The van der Waals surface area contributed by atoms with Gasteiger partial charge in [0.25, 0.3) is 5.91 Å². The Balaban J connectivity index is 1.97. The summed E-state index contributed by atoms with van der Waals surface area (Å²) >= 11 is 1.61. The van der Waals surface area contributed by atoms with Crippen LogP contribution in [0.15, 0.2) is 23.6 Å². The zero-order valence-electron chi connectivity index (χ0n) is 12.0. The van der Waals surface area contributed by atoms with Crippen LogP contribution in [-0.2, 0) is 11.2 Å².